The standard InChI is InChI=1S/C26H17F5O7/c1-3-34-15-6-4-5-7-16(15)38-25-12(2)36-17-10-13(8-9-14(17)24(25)33)37-18(32)11-35-26-22(30)20(28)19(27)21(29)23(26)31/h4-10H,3,11H2,1-2H3. The van der Waals surface area contributed by atoms with E-state index in [1.165, 1.54) is 25.1 Å². The first-order valence-corrected chi connectivity index (χ1v) is 10.9. The molecule has 0 unspecified atom stereocenters. The summed E-state index contributed by atoms with van der Waals surface area (Å²) in [5.74, 6) is -13.6. The van der Waals surface area contributed by atoms with Gasteiger partial charge in [0.2, 0.25) is 40.3 Å². The van der Waals surface area contributed by atoms with E-state index in [1.807, 2.05) is 0 Å². The first-order chi connectivity index (χ1) is 18.1. The maximum atomic E-state index is 13.7. The minimum absolute atomic E-state index is 0.0175. The Balaban J connectivity index is 1.53. The summed E-state index contributed by atoms with van der Waals surface area (Å²) in [5, 5.41) is 0.0805. The van der Waals surface area contributed by atoms with Crippen LogP contribution < -0.4 is 24.4 Å². The van der Waals surface area contributed by atoms with Crippen LogP contribution >= 0.6 is 0 Å². The van der Waals surface area contributed by atoms with Crippen molar-refractivity contribution in [2.75, 3.05) is 13.2 Å². The molecule has 3 aromatic carbocycles. The van der Waals surface area contributed by atoms with Crippen molar-refractivity contribution in [2.45, 2.75) is 13.8 Å². The zero-order chi connectivity index (χ0) is 27.6. The summed E-state index contributed by atoms with van der Waals surface area (Å²) in [7, 11) is 0. The van der Waals surface area contributed by atoms with Gasteiger partial charge in [0.15, 0.2) is 23.9 Å². The number of para-hydroxylation sites is 2. The number of fused-ring (bicyclic) bond motifs is 1. The second kappa shape index (κ2) is 10.8. The van der Waals surface area contributed by atoms with E-state index in [1.54, 1.807) is 31.2 Å². The van der Waals surface area contributed by atoms with Gasteiger partial charge in [-0.15, -0.1) is 0 Å². The third kappa shape index (κ3) is 5.10. The lowest BCUT2D eigenvalue weighted by molar-refractivity contribution is -0.136. The quantitative estimate of drug-likeness (QED) is 0.0902. The molecule has 0 fully saturated rings. The fourth-order valence-corrected chi connectivity index (χ4v) is 3.37. The third-order valence-corrected chi connectivity index (χ3v) is 5.08. The Hall–Kier alpha value is -4.61. The van der Waals surface area contributed by atoms with E-state index in [9.17, 15) is 31.5 Å². The number of benzene rings is 3. The molecule has 12 heteroatoms. The molecular weight excluding hydrogens is 519 g/mol. The number of hydrogen-bond acceptors (Lipinski definition) is 7. The number of carbonyl (C=O) groups excluding carboxylic acids is 1. The Morgan fingerprint density at radius 1 is 0.842 bits per heavy atom. The highest BCUT2D eigenvalue weighted by molar-refractivity contribution is 5.81. The van der Waals surface area contributed by atoms with E-state index in [0.717, 1.165) is 0 Å². The van der Waals surface area contributed by atoms with Crippen molar-refractivity contribution in [2.24, 2.45) is 0 Å². The normalized spacial score (nSPS) is 10.9. The van der Waals surface area contributed by atoms with E-state index in [2.05, 4.69) is 4.74 Å². The van der Waals surface area contributed by atoms with Gasteiger partial charge in [0, 0.05) is 6.07 Å². The van der Waals surface area contributed by atoms with Crippen molar-refractivity contribution < 1.29 is 50.1 Å². The number of ether oxygens (including phenoxy) is 4. The number of carbonyl (C=O) groups is 1. The van der Waals surface area contributed by atoms with E-state index < -0.39 is 52.8 Å². The van der Waals surface area contributed by atoms with Crippen molar-refractivity contribution in [1.82, 2.24) is 0 Å². The summed E-state index contributed by atoms with van der Waals surface area (Å²) >= 11 is 0. The van der Waals surface area contributed by atoms with Gasteiger partial charge in [0.25, 0.3) is 0 Å². The summed E-state index contributed by atoms with van der Waals surface area (Å²) < 4.78 is 93.5. The molecule has 7 nitrogen and oxygen atoms in total. The maximum absolute atomic E-state index is 13.7. The van der Waals surface area contributed by atoms with Gasteiger partial charge in [0.05, 0.1) is 12.0 Å². The molecule has 4 aromatic rings. The minimum Gasteiger partial charge on any atom is -0.490 e. The summed E-state index contributed by atoms with van der Waals surface area (Å²) in [6.07, 6.45) is 0. The number of halogens is 5. The number of esters is 1. The average Bonchev–Trinajstić information content (AvgIpc) is 2.89. The molecule has 1 aromatic heterocycles. The van der Waals surface area contributed by atoms with Crippen molar-refractivity contribution in [3.05, 3.63) is 87.5 Å². The molecule has 0 aliphatic heterocycles. The highest BCUT2D eigenvalue weighted by Crippen LogP contribution is 2.33. The second-order valence-corrected chi connectivity index (χ2v) is 7.62. The van der Waals surface area contributed by atoms with Gasteiger partial charge in [0.1, 0.15) is 17.1 Å². The molecule has 0 amide bonds. The predicted molar refractivity (Wildman–Crippen MR) is 122 cm³/mol. The van der Waals surface area contributed by atoms with E-state index in [4.69, 9.17) is 18.6 Å². The maximum Gasteiger partial charge on any atom is 0.349 e. The molecule has 0 spiro atoms. The molecule has 0 aliphatic rings. The summed E-state index contributed by atoms with van der Waals surface area (Å²) in [6.45, 7) is 2.46. The van der Waals surface area contributed by atoms with Crippen molar-refractivity contribution in [3.8, 4) is 28.7 Å². The lowest BCUT2D eigenvalue weighted by Crippen LogP contribution is -2.19. The highest BCUT2D eigenvalue weighted by Gasteiger charge is 2.27. The Morgan fingerprint density at radius 3 is 2.13 bits per heavy atom. The molecule has 0 atom stereocenters. The number of rotatable bonds is 8. The lowest BCUT2D eigenvalue weighted by atomic mass is 10.2. The van der Waals surface area contributed by atoms with Crippen LogP contribution in [0.25, 0.3) is 11.0 Å². The molecule has 0 aliphatic carbocycles. The minimum atomic E-state index is -2.37. The van der Waals surface area contributed by atoms with Gasteiger partial charge in [-0.3, -0.25) is 4.79 Å². The zero-order valence-corrected chi connectivity index (χ0v) is 19.7. The van der Waals surface area contributed by atoms with Crippen LogP contribution in [0.1, 0.15) is 12.7 Å². The predicted octanol–water partition coefficient (Wildman–Crippen LogP) is 5.97. The first kappa shape index (κ1) is 26.5. The monoisotopic (exact) mass is 536 g/mol. The van der Waals surface area contributed by atoms with Crippen LogP contribution in [0, 0.1) is 36.0 Å². The molecule has 0 bridgehead atoms. The molecule has 0 radical (unpaired) electrons. The largest absolute Gasteiger partial charge is 0.490 e. The highest BCUT2D eigenvalue weighted by atomic mass is 19.2. The van der Waals surface area contributed by atoms with E-state index >= 15 is 0 Å². The fourth-order valence-electron chi connectivity index (χ4n) is 3.37. The molecule has 0 N–H and O–H groups in total. The van der Waals surface area contributed by atoms with Crippen LogP contribution in [0.15, 0.2) is 51.7 Å². The Morgan fingerprint density at radius 2 is 1.47 bits per heavy atom. The summed E-state index contributed by atoms with van der Waals surface area (Å²) in [5.41, 5.74) is -0.508. The molecule has 38 heavy (non-hydrogen) atoms. The summed E-state index contributed by atoms with van der Waals surface area (Å²) in [6, 6.07) is 10.4. The fraction of sp³-hybridized carbons (Fsp3) is 0.154. The molecular formula is C26H17F5O7. The van der Waals surface area contributed by atoms with Crippen molar-refractivity contribution >= 4 is 16.9 Å². The molecule has 0 saturated carbocycles. The Kier molecular flexibility index (Phi) is 7.51. The average molecular weight is 536 g/mol. The second-order valence-electron chi connectivity index (χ2n) is 7.62. The van der Waals surface area contributed by atoms with Crippen LogP contribution in [0.3, 0.4) is 0 Å². The van der Waals surface area contributed by atoms with E-state index in [0.29, 0.717) is 18.1 Å². The van der Waals surface area contributed by atoms with Gasteiger partial charge in [-0.2, -0.15) is 8.78 Å². The van der Waals surface area contributed by atoms with Crippen LogP contribution in [-0.4, -0.2) is 19.2 Å². The van der Waals surface area contributed by atoms with Gasteiger partial charge in [-0.1, -0.05) is 12.1 Å². The van der Waals surface area contributed by atoms with Gasteiger partial charge in [-0.25, -0.2) is 18.0 Å². The van der Waals surface area contributed by atoms with Crippen LogP contribution in [-0.2, 0) is 4.79 Å². The number of hydrogen-bond donors (Lipinski definition) is 0. The van der Waals surface area contributed by atoms with Crippen LogP contribution in [0.2, 0.25) is 0 Å². The molecule has 1 heterocycles. The van der Waals surface area contributed by atoms with E-state index in [-0.39, 0.29) is 28.2 Å². The van der Waals surface area contributed by atoms with Crippen molar-refractivity contribution in [3.63, 3.8) is 0 Å². The molecule has 0 saturated heterocycles. The van der Waals surface area contributed by atoms with Crippen LogP contribution in [0.5, 0.6) is 28.7 Å². The first-order valence-electron chi connectivity index (χ1n) is 10.9. The Labute approximate surface area is 210 Å². The smallest absolute Gasteiger partial charge is 0.349 e. The number of aryl methyl sites for hydroxylation is 1. The summed E-state index contributed by atoms with van der Waals surface area (Å²) in [4.78, 5) is 25.1. The van der Waals surface area contributed by atoms with Gasteiger partial charge >= 0.3 is 5.97 Å². The van der Waals surface area contributed by atoms with Crippen LogP contribution in [0.4, 0.5) is 22.0 Å². The SMILES string of the molecule is CCOc1ccccc1Oc1c(C)oc2cc(OC(=O)COc3c(F)c(F)c(F)c(F)c3F)ccc2c1=O. The zero-order valence-electron chi connectivity index (χ0n) is 19.7. The van der Waals surface area contributed by atoms with Gasteiger partial charge in [-0.05, 0) is 38.1 Å². The Bertz CT molecular complexity index is 1570. The molecule has 4 rings (SSSR count). The van der Waals surface area contributed by atoms with Gasteiger partial charge < -0.3 is 23.4 Å². The lowest BCUT2D eigenvalue weighted by Gasteiger charge is -2.13. The topological polar surface area (TPSA) is 84.2 Å². The molecule has 198 valence electrons. The third-order valence-electron chi connectivity index (χ3n) is 5.08. The van der Waals surface area contributed by atoms with Crippen molar-refractivity contribution in [1.29, 1.82) is 0 Å².